The predicted molar refractivity (Wildman–Crippen MR) is 202 cm³/mol. The Morgan fingerprint density at radius 2 is 0.870 bits per heavy atom. The van der Waals surface area contributed by atoms with Crippen LogP contribution in [0.5, 0.6) is 0 Å². The van der Waals surface area contributed by atoms with Gasteiger partial charge in [0.1, 0.15) is 25.3 Å². The third kappa shape index (κ3) is 16.4. The second-order valence-corrected chi connectivity index (χ2v) is 13.2. The highest BCUT2D eigenvalue weighted by molar-refractivity contribution is 5.86. The van der Waals surface area contributed by atoms with Crippen LogP contribution in [0.25, 0.3) is 0 Å². The van der Waals surface area contributed by atoms with Gasteiger partial charge in [-0.3, -0.25) is 9.59 Å². The lowest BCUT2D eigenvalue weighted by Gasteiger charge is -2.31. The van der Waals surface area contributed by atoms with E-state index in [0.29, 0.717) is 12.8 Å². The minimum Gasteiger partial charge on any atom is -0.445 e. The second kappa shape index (κ2) is 25.7. The number of nitrogens with one attached hydrogen (secondary N) is 2. The van der Waals surface area contributed by atoms with Crippen LogP contribution >= 0.6 is 0 Å². The molecule has 0 spiro atoms. The van der Waals surface area contributed by atoms with Gasteiger partial charge < -0.3 is 48.9 Å². The van der Waals surface area contributed by atoms with Crippen molar-refractivity contribution in [3.63, 3.8) is 0 Å². The van der Waals surface area contributed by atoms with Crippen LogP contribution in [0.4, 0.5) is 9.59 Å². The molecule has 1 aliphatic heterocycles. The summed E-state index contributed by atoms with van der Waals surface area (Å²) >= 11 is 0. The van der Waals surface area contributed by atoms with E-state index in [0.717, 1.165) is 11.1 Å². The Bertz CT molecular complexity index is 1250. The second-order valence-electron chi connectivity index (χ2n) is 13.2. The van der Waals surface area contributed by atoms with Crippen LogP contribution in [0.3, 0.4) is 0 Å². The molecule has 14 heteroatoms. The lowest BCUT2D eigenvalue weighted by Crippen LogP contribution is -2.53. The minimum absolute atomic E-state index is 0.0970. The average molecular weight is 757 g/mol. The Labute approximate surface area is 320 Å². The first-order chi connectivity index (χ1) is 26.2. The van der Waals surface area contributed by atoms with E-state index in [1.807, 2.05) is 88.4 Å². The fourth-order valence-corrected chi connectivity index (χ4v) is 5.55. The monoisotopic (exact) mass is 756 g/mol. The maximum Gasteiger partial charge on any atom is 0.408 e. The number of hydrogen-bond acceptors (Lipinski definition) is 10. The summed E-state index contributed by atoms with van der Waals surface area (Å²) in [4.78, 5) is 56.4. The van der Waals surface area contributed by atoms with Crippen molar-refractivity contribution in [3.8, 4) is 0 Å². The quantitative estimate of drug-likeness (QED) is 0.319. The number of amides is 4. The molecule has 1 heterocycles. The van der Waals surface area contributed by atoms with Crippen molar-refractivity contribution < 1.29 is 47.6 Å². The highest BCUT2D eigenvalue weighted by atomic mass is 16.6. The number of hydrogen-bond donors (Lipinski definition) is 2. The summed E-state index contributed by atoms with van der Waals surface area (Å²) in [5.74, 6) is -0.770. The normalized spacial score (nSPS) is 17.8. The molecule has 1 aliphatic rings. The molecule has 1 saturated heterocycles. The molecule has 0 aliphatic carbocycles. The van der Waals surface area contributed by atoms with Gasteiger partial charge >= 0.3 is 12.2 Å². The molecule has 3 rings (SSSR count). The van der Waals surface area contributed by atoms with Crippen LogP contribution in [-0.2, 0) is 51.2 Å². The molecule has 1 fully saturated rings. The standard InChI is InChI=1S/C40H60N4O10/c1-5-31(3)35(41-39(47)53-29-33-13-9-7-10-14-33)37(45)43-17-21-49-25-27-51-23-19-44(20-24-52-28-26-50-22-18-43)38(46)36(32(4)6-2)42-40(48)54-30-34-15-11-8-12-16-34/h7-16,31-32,35-36H,5-6,17-30H2,1-4H3,(H,41,47)(H,42,48)/t31-,32+,35-,36-/m1/s1. The van der Waals surface area contributed by atoms with Crippen molar-refractivity contribution in [3.05, 3.63) is 71.8 Å². The van der Waals surface area contributed by atoms with Gasteiger partial charge in [-0.15, -0.1) is 0 Å². The van der Waals surface area contributed by atoms with Crippen molar-refractivity contribution in [1.29, 1.82) is 0 Å². The summed E-state index contributed by atoms with van der Waals surface area (Å²) in [5, 5.41) is 5.58. The molecule has 2 aromatic carbocycles. The van der Waals surface area contributed by atoms with E-state index in [9.17, 15) is 19.2 Å². The highest BCUT2D eigenvalue weighted by Crippen LogP contribution is 2.14. The zero-order chi connectivity index (χ0) is 39.0. The van der Waals surface area contributed by atoms with E-state index in [1.54, 1.807) is 9.80 Å². The topological polar surface area (TPSA) is 154 Å². The highest BCUT2D eigenvalue weighted by Gasteiger charge is 2.32. The van der Waals surface area contributed by atoms with E-state index in [2.05, 4.69) is 10.6 Å². The smallest absolute Gasteiger partial charge is 0.408 e. The van der Waals surface area contributed by atoms with E-state index < -0.39 is 24.3 Å². The molecule has 14 nitrogen and oxygen atoms in total. The van der Waals surface area contributed by atoms with Crippen molar-refractivity contribution in [2.45, 2.75) is 65.8 Å². The molecule has 4 amide bonds. The summed E-state index contributed by atoms with van der Waals surface area (Å²) in [5.41, 5.74) is 1.70. The Kier molecular flexibility index (Phi) is 21.0. The Hall–Kier alpha value is -4.24. The van der Waals surface area contributed by atoms with Crippen LogP contribution in [0, 0.1) is 11.8 Å². The van der Waals surface area contributed by atoms with Crippen molar-refractivity contribution in [2.24, 2.45) is 11.8 Å². The molecule has 2 aromatic rings. The fraction of sp³-hybridized carbons (Fsp3) is 0.600. The van der Waals surface area contributed by atoms with E-state index >= 15 is 0 Å². The van der Waals surface area contributed by atoms with Gasteiger partial charge in [0, 0.05) is 26.2 Å². The fourth-order valence-electron chi connectivity index (χ4n) is 5.55. The maximum absolute atomic E-state index is 13.8. The number of alkyl carbamates (subject to hydrolysis) is 2. The number of ether oxygens (including phenoxy) is 6. The van der Waals surface area contributed by atoms with E-state index in [4.69, 9.17) is 28.4 Å². The summed E-state index contributed by atoms with van der Waals surface area (Å²) in [6.07, 6.45) is 0.0245. The first kappa shape index (κ1) is 44.2. The Morgan fingerprint density at radius 3 is 1.17 bits per heavy atom. The summed E-state index contributed by atoms with van der Waals surface area (Å²) in [6, 6.07) is 17.1. The Morgan fingerprint density at radius 1 is 0.556 bits per heavy atom. The molecule has 54 heavy (non-hydrogen) atoms. The molecule has 0 aromatic heterocycles. The molecule has 0 saturated carbocycles. The number of benzene rings is 2. The average Bonchev–Trinajstić information content (AvgIpc) is 3.20. The lowest BCUT2D eigenvalue weighted by molar-refractivity contribution is -0.138. The van der Waals surface area contributed by atoms with E-state index in [-0.39, 0.29) is 116 Å². The third-order valence-corrected chi connectivity index (χ3v) is 9.32. The van der Waals surface area contributed by atoms with Gasteiger partial charge in [-0.25, -0.2) is 9.59 Å². The van der Waals surface area contributed by atoms with Crippen molar-refractivity contribution in [1.82, 2.24) is 20.4 Å². The number of carbonyl (C=O) groups excluding carboxylic acids is 4. The van der Waals surface area contributed by atoms with E-state index in [1.165, 1.54) is 0 Å². The largest absolute Gasteiger partial charge is 0.445 e. The minimum atomic E-state index is -0.788. The van der Waals surface area contributed by atoms with Gasteiger partial charge in [-0.1, -0.05) is 101 Å². The molecule has 300 valence electrons. The lowest BCUT2D eigenvalue weighted by atomic mass is 9.98. The zero-order valence-corrected chi connectivity index (χ0v) is 32.4. The number of rotatable bonds is 12. The van der Waals surface area contributed by atoms with Crippen LogP contribution in [0.2, 0.25) is 0 Å². The number of carbonyl (C=O) groups is 4. The molecule has 2 N–H and O–H groups in total. The molecule has 0 bridgehead atoms. The third-order valence-electron chi connectivity index (χ3n) is 9.32. The predicted octanol–water partition coefficient (Wildman–Crippen LogP) is 4.41. The Balaban J connectivity index is 1.54. The van der Waals surface area contributed by atoms with Gasteiger partial charge in [0.25, 0.3) is 0 Å². The van der Waals surface area contributed by atoms with Crippen LogP contribution in [-0.4, -0.2) is 125 Å². The molecule has 4 atom stereocenters. The van der Waals surface area contributed by atoms with Gasteiger partial charge in [0.15, 0.2) is 0 Å². The van der Waals surface area contributed by atoms with Gasteiger partial charge in [0.05, 0.1) is 52.9 Å². The summed E-state index contributed by atoms with van der Waals surface area (Å²) in [6.45, 7) is 11.2. The van der Waals surface area contributed by atoms with Crippen LogP contribution < -0.4 is 10.6 Å². The van der Waals surface area contributed by atoms with Crippen LogP contribution in [0.1, 0.15) is 51.7 Å². The van der Waals surface area contributed by atoms with Gasteiger partial charge in [-0.2, -0.15) is 0 Å². The molecular formula is C40H60N4O10. The first-order valence-corrected chi connectivity index (χ1v) is 19.1. The zero-order valence-electron chi connectivity index (χ0n) is 32.4. The molecule has 0 unspecified atom stereocenters. The molecular weight excluding hydrogens is 696 g/mol. The van der Waals surface area contributed by atoms with Crippen LogP contribution in [0.15, 0.2) is 60.7 Å². The summed E-state index contributed by atoms with van der Waals surface area (Å²) in [7, 11) is 0. The SMILES string of the molecule is CC[C@@H](C)[C@@H](NC(=O)OCc1ccccc1)C(=O)N1CCOCCOCCN(C(=O)[C@H](NC(=O)OCc2ccccc2)[C@@H](C)CC)CCOCCOCC1. The van der Waals surface area contributed by atoms with Gasteiger partial charge in [0.2, 0.25) is 11.8 Å². The van der Waals surface area contributed by atoms with Gasteiger partial charge in [-0.05, 0) is 23.0 Å². The number of nitrogens with zero attached hydrogens (tertiary/aromatic N) is 2. The molecule has 0 radical (unpaired) electrons. The van der Waals surface area contributed by atoms with Crippen molar-refractivity contribution >= 4 is 24.0 Å². The summed E-state index contributed by atoms with van der Waals surface area (Å²) < 4.78 is 34.1. The maximum atomic E-state index is 13.8. The van der Waals surface area contributed by atoms with Crippen molar-refractivity contribution in [2.75, 3.05) is 79.0 Å². The first-order valence-electron chi connectivity index (χ1n) is 19.1.